The summed E-state index contributed by atoms with van der Waals surface area (Å²) >= 11 is 0. The second kappa shape index (κ2) is 8.30. The maximum Gasteiger partial charge on any atom is 0.336 e. The van der Waals surface area contributed by atoms with E-state index >= 15 is 0 Å². The zero-order valence-electron chi connectivity index (χ0n) is 18.1. The number of amides is 1. The third-order valence-corrected chi connectivity index (χ3v) is 6.52. The van der Waals surface area contributed by atoms with Crippen LogP contribution in [0.25, 0.3) is 11.0 Å². The van der Waals surface area contributed by atoms with Gasteiger partial charge in [-0.25, -0.2) is 4.79 Å². The molecular weight excluding hydrogens is 408 g/mol. The van der Waals surface area contributed by atoms with Crippen molar-refractivity contribution in [2.45, 2.75) is 38.6 Å². The number of carbonyl (C=O) groups is 1. The lowest BCUT2D eigenvalue weighted by molar-refractivity contribution is -0.136. The number of hydrogen-bond acceptors (Lipinski definition) is 5. The maximum absolute atomic E-state index is 12.9. The number of aryl methyl sites for hydroxylation is 1. The van der Waals surface area contributed by atoms with Crippen molar-refractivity contribution in [1.29, 1.82) is 0 Å². The van der Waals surface area contributed by atoms with E-state index in [-0.39, 0.29) is 35.5 Å². The van der Waals surface area contributed by atoms with Gasteiger partial charge in [0.25, 0.3) is 11.5 Å². The zero-order valence-corrected chi connectivity index (χ0v) is 18.1. The highest BCUT2D eigenvalue weighted by Crippen LogP contribution is 2.35. The van der Waals surface area contributed by atoms with Gasteiger partial charge >= 0.3 is 5.63 Å². The average molecular weight is 434 g/mol. The van der Waals surface area contributed by atoms with Crippen molar-refractivity contribution in [1.82, 2.24) is 9.47 Å². The maximum atomic E-state index is 12.9. The van der Waals surface area contributed by atoms with Crippen LogP contribution in [0.2, 0.25) is 0 Å². The van der Waals surface area contributed by atoms with E-state index in [2.05, 4.69) is 6.92 Å². The Morgan fingerprint density at radius 1 is 1.12 bits per heavy atom. The lowest BCUT2D eigenvalue weighted by Crippen LogP contribution is -2.50. The van der Waals surface area contributed by atoms with Gasteiger partial charge in [-0.2, -0.15) is 0 Å². The first kappa shape index (κ1) is 20.5. The van der Waals surface area contributed by atoms with Crippen molar-refractivity contribution in [2.24, 2.45) is 5.92 Å². The minimum Gasteiger partial charge on any atom is -0.484 e. The monoisotopic (exact) mass is 434 g/mol. The van der Waals surface area contributed by atoms with Crippen LogP contribution >= 0.6 is 0 Å². The Labute approximate surface area is 185 Å². The molecule has 5 rings (SSSR count). The summed E-state index contributed by atoms with van der Waals surface area (Å²) in [6.07, 6.45) is 2.73. The highest BCUT2D eigenvalue weighted by molar-refractivity contribution is 5.82. The predicted molar refractivity (Wildman–Crippen MR) is 120 cm³/mol. The molecule has 0 aliphatic carbocycles. The minimum absolute atomic E-state index is 0.0327. The van der Waals surface area contributed by atoms with Crippen molar-refractivity contribution in [3.8, 4) is 5.75 Å². The van der Waals surface area contributed by atoms with Gasteiger partial charge in [-0.05, 0) is 42.5 Å². The smallest absolute Gasteiger partial charge is 0.336 e. The molecule has 2 atom stereocenters. The van der Waals surface area contributed by atoms with Crippen molar-refractivity contribution < 1.29 is 13.9 Å². The number of rotatable bonds is 5. The molecular formula is C25H26N2O5. The Morgan fingerprint density at radius 3 is 2.84 bits per heavy atom. The zero-order chi connectivity index (χ0) is 22.2. The van der Waals surface area contributed by atoms with Gasteiger partial charge in [-0.15, -0.1) is 0 Å². The van der Waals surface area contributed by atoms with Crippen LogP contribution in [-0.4, -0.2) is 35.1 Å². The van der Waals surface area contributed by atoms with Crippen molar-refractivity contribution in [3.63, 3.8) is 0 Å². The summed E-state index contributed by atoms with van der Waals surface area (Å²) in [6, 6.07) is 12.3. The van der Waals surface area contributed by atoms with Crippen LogP contribution in [0.1, 0.15) is 36.9 Å². The predicted octanol–water partition coefficient (Wildman–Crippen LogP) is 2.93. The van der Waals surface area contributed by atoms with E-state index < -0.39 is 0 Å². The molecule has 7 nitrogen and oxygen atoms in total. The lowest BCUT2D eigenvalue weighted by Gasteiger charge is -2.42. The van der Waals surface area contributed by atoms with E-state index in [9.17, 15) is 14.4 Å². The number of hydrogen-bond donors (Lipinski definition) is 0. The number of fused-ring (bicyclic) bond motifs is 5. The number of nitrogens with zero attached hydrogens (tertiary/aromatic N) is 2. The first-order chi connectivity index (χ1) is 15.5. The second-order valence-corrected chi connectivity index (χ2v) is 8.78. The molecule has 0 radical (unpaired) electrons. The Balaban J connectivity index is 1.29. The lowest BCUT2D eigenvalue weighted by atomic mass is 9.83. The molecule has 2 bridgehead atoms. The fraction of sp³-hybridized carbons (Fsp3) is 0.400. The summed E-state index contributed by atoms with van der Waals surface area (Å²) in [5.74, 6) is 0.869. The minimum atomic E-state index is -0.381. The van der Waals surface area contributed by atoms with E-state index in [1.807, 2.05) is 27.7 Å². The Hall–Kier alpha value is -3.35. The molecule has 4 heterocycles. The quantitative estimate of drug-likeness (QED) is 0.577. The Kier molecular flexibility index (Phi) is 5.33. The number of likely N-dealkylation sites (tertiary alicyclic amines) is 1. The largest absolute Gasteiger partial charge is 0.484 e. The van der Waals surface area contributed by atoms with Crippen LogP contribution in [0.3, 0.4) is 0 Å². The summed E-state index contributed by atoms with van der Waals surface area (Å²) in [5, 5.41) is 0.892. The molecule has 3 aromatic rings. The van der Waals surface area contributed by atoms with Gasteiger partial charge < -0.3 is 18.6 Å². The topological polar surface area (TPSA) is 81.8 Å². The van der Waals surface area contributed by atoms with Crippen LogP contribution in [0.15, 0.2) is 56.5 Å². The Bertz CT molecular complexity index is 1290. The third kappa shape index (κ3) is 3.83. The van der Waals surface area contributed by atoms with Gasteiger partial charge in [0.2, 0.25) is 0 Å². The van der Waals surface area contributed by atoms with Crippen LogP contribution in [0.4, 0.5) is 0 Å². The number of piperidine rings is 1. The van der Waals surface area contributed by atoms with Gasteiger partial charge in [-0.1, -0.05) is 19.4 Å². The van der Waals surface area contributed by atoms with Crippen LogP contribution in [0.5, 0.6) is 5.75 Å². The van der Waals surface area contributed by atoms with Crippen molar-refractivity contribution in [2.75, 3.05) is 19.7 Å². The standard InChI is InChI=1S/C25H26N2O5/c1-2-4-17-10-25(30)32-22-11-19(7-8-20(17)22)31-15-24(29)26-12-16-9-18(14-26)21-5-3-6-23(28)27(21)13-16/h3,5-8,10-11,16,18H,2,4,9,12-15H2,1H3/t16-,18+/m0/s1. The number of benzene rings is 1. The molecule has 0 unspecified atom stereocenters. The summed E-state index contributed by atoms with van der Waals surface area (Å²) in [4.78, 5) is 38.8. The highest BCUT2D eigenvalue weighted by Gasteiger charge is 2.36. The molecule has 1 amide bonds. The fourth-order valence-electron chi connectivity index (χ4n) is 5.11. The molecule has 7 heteroatoms. The van der Waals surface area contributed by atoms with Gasteiger partial charge in [0, 0.05) is 54.8 Å². The molecule has 1 saturated heterocycles. The van der Waals surface area contributed by atoms with E-state index in [4.69, 9.17) is 9.15 Å². The van der Waals surface area contributed by atoms with Crippen molar-refractivity contribution in [3.05, 3.63) is 74.5 Å². The van der Waals surface area contributed by atoms with Crippen molar-refractivity contribution >= 4 is 16.9 Å². The van der Waals surface area contributed by atoms with E-state index in [0.29, 0.717) is 31.0 Å². The van der Waals surface area contributed by atoms with Gasteiger partial charge in [-0.3, -0.25) is 9.59 Å². The summed E-state index contributed by atoms with van der Waals surface area (Å²) in [7, 11) is 0. The van der Waals surface area contributed by atoms with E-state index in [1.54, 1.807) is 18.2 Å². The Morgan fingerprint density at radius 2 is 2.00 bits per heavy atom. The molecule has 166 valence electrons. The fourth-order valence-corrected chi connectivity index (χ4v) is 5.11. The number of ether oxygens (including phenoxy) is 1. The van der Waals surface area contributed by atoms with Gasteiger partial charge in [0.05, 0.1) is 0 Å². The van der Waals surface area contributed by atoms with E-state index in [1.165, 1.54) is 6.07 Å². The number of pyridine rings is 1. The molecule has 2 aliphatic rings. The highest BCUT2D eigenvalue weighted by atomic mass is 16.5. The molecule has 2 aromatic heterocycles. The molecule has 0 saturated carbocycles. The SMILES string of the molecule is CCCc1cc(=O)oc2cc(OCC(=O)N3C[C@@H]4C[C@H](C3)c3cccc(=O)n3C4)ccc12. The number of aromatic nitrogens is 1. The van der Waals surface area contributed by atoms with Crippen LogP contribution in [0, 0.1) is 5.92 Å². The van der Waals surface area contributed by atoms with Crippen LogP contribution < -0.4 is 15.9 Å². The van der Waals surface area contributed by atoms with E-state index in [0.717, 1.165) is 35.9 Å². The molecule has 1 fully saturated rings. The molecule has 0 N–H and O–H groups in total. The molecule has 1 aromatic carbocycles. The normalized spacial score (nSPS) is 19.6. The summed E-state index contributed by atoms with van der Waals surface area (Å²) in [5.41, 5.74) is 2.10. The van der Waals surface area contributed by atoms with Gasteiger partial charge in [0.15, 0.2) is 6.61 Å². The first-order valence-electron chi connectivity index (χ1n) is 11.2. The summed E-state index contributed by atoms with van der Waals surface area (Å²) in [6.45, 7) is 3.86. The summed E-state index contributed by atoms with van der Waals surface area (Å²) < 4.78 is 13.0. The first-order valence-corrected chi connectivity index (χ1v) is 11.2. The molecule has 32 heavy (non-hydrogen) atoms. The second-order valence-electron chi connectivity index (χ2n) is 8.78. The molecule has 0 spiro atoms. The average Bonchev–Trinajstić information content (AvgIpc) is 2.78. The number of carbonyl (C=O) groups excluding carboxylic acids is 1. The van der Waals surface area contributed by atoms with Gasteiger partial charge in [0.1, 0.15) is 11.3 Å². The third-order valence-electron chi connectivity index (χ3n) is 6.52. The molecule has 2 aliphatic heterocycles. The van der Waals surface area contributed by atoms with Crippen LogP contribution in [-0.2, 0) is 17.8 Å².